The van der Waals surface area contributed by atoms with Crippen molar-refractivity contribution in [2.75, 3.05) is 0 Å². The summed E-state index contributed by atoms with van der Waals surface area (Å²) in [6.07, 6.45) is 0. The molecule has 0 aliphatic heterocycles. The van der Waals surface area contributed by atoms with Crippen LogP contribution in [0.1, 0.15) is 28.4 Å². The molecule has 2 rings (SSSR count). The van der Waals surface area contributed by atoms with E-state index in [0.29, 0.717) is 12.1 Å². The number of rotatable bonds is 5. The Kier molecular flexibility index (Phi) is 5.10. The van der Waals surface area contributed by atoms with E-state index in [4.69, 9.17) is 4.74 Å². The summed E-state index contributed by atoms with van der Waals surface area (Å²) in [4.78, 5) is 22.7. The minimum absolute atomic E-state index is 0.0821. The van der Waals surface area contributed by atoms with Gasteiger partial charge in [-0.15, -0.1) is 0 Å². The van der Waals surface area contributed by atoms with Crippen LogP contribution in [-0.2, 0) is 22.7 Å². The van der Waals surface area contributed by atoms with E-state index in [2.05, 4.69) is 5.32 Å². The zero-order chi connectivity index (χ0) is 15.1. The molecule has 1 amide bonds. The average molecular weight is 283 g/mol. The molecule has 1 N–H and O–H groups in total. The summed E-state index contributed by atoms with van der Waals surface area (Å²) in [5.41, 5.74) is 2.38. The summed E-state index contributed by atoms with van der Waals surface area (Å²) in [6, 6.07) is 16.5. The van der Waals surface area contributed by atoms with Gasteiger partial charge in [0.05, 0.1) is 5.56 Å². The quantitative estimate of drug-likeness (QED) is 0.858. The molecule has 108 valence electrons. The zero-order valence-corrected chi connectivity index (χ0v) is 11.8. The van der Waals surface area contributed by atoms with Gasteiger partial charge in [-0.3, -0.25) is 4.79 Å². The first-order chi connectivity index (χ1) is 10.1. The summed E-state index contributed by atoms with van der Waals surface area (Å²) >= 11 is 0. The Morgan fingerprint density at radius 3 is 2.24 bits per heavy atom. The van der Waals surface area contributed by atoms with Crippen molar-refractivity contribution in [1.29, 1.82) is 0 Å². The Balaban J connectivity index is 1.89. The predicted octanol–water partition coefficient (Wildman–Crippen LogP) is 2.68. The fourth-order valence-electron chi connectivity index (χ4n) is 1.79. The van der Waals surface area contributed by atoms with E-state index < -0.39 is 0 Å². The average Bonchev–Trinajstić information content (AvgIpc) is 2.52. The van der Waals surface area contributed by atoms with Crippen molar-refractivity contribution in [3.05, 3.63) is 71.3 Å². The van der Waals surface area contributed by atoms with Gasteiger partial charge < -0.3 is 10.1 Å². The first kappa shape index (κ1) is 14.8. The van der Waals surface area contributed by atoms with Crippen LogP contribution in [0.3, 0.4) is 0 Å². The predicted molar refractivity (Wildman–Crippen MR) is 79.5 cm³/mol. The fraction of sp³-hybridized carbons (Fsp3) is 0.176. The maximum Gasteiger partial charge on any atom is 0.338 e. The van der Waals surface area contributed by atoms with Gasteiger partial charge in [-0.25, -0.2) is 4.79 Å². The molecule has 21 heavy (non-hydrogen) atoms. The van der Waals surface area contributed by atoms with Gasteiger partial charge in [-0.05, 0) is 23.3 Å². The van der Waals surface area contributed by atoms with E-state index >= 15 is 0 Å². The van der Waals surface area contributed by atoms with Crippen LogP contribution < -0.4 is 5.32 Å². The van der Waals surface area contributed by atoms with Gasteiger partial charge in [0.25, 0.3) is 0 Å². The fourth-order valence-corrected chi connectivity index (χ4v) is 1.79. The maximum absolute atomic E-state index is 11.9. The monoisotopic (exact) mass is 283 g/mol. The van der Waals surface area contributed by atoms with Crippen molar-refractivity contribution in [2.45, 2.75) is 20.1 Å². The van der Waals surface area contributed by atoms with Crippen LogP contribution in [0.2, 0.25) is 0 Å². The summed E-state index contributed by atoms with van der Waals surface area (Å²) in [5.74, 6) is -0.439. The van der Waals surface area contributed by atoms with Gasteiger partial charge in [0.15, 0.2) is 0 Å². The van der Waals surface area contributed by atoms with Gasteiger partial charge in [0.2, 0.25) is 5.91 Å². The van der Waals surface area contributed by atoms with Crippen LogP contribution >= 0.6 is 0 Å². The highest BCUT2D eigenvalue weighted by Gasteiger charge is 2.07. The van der Waals surface area contributed by atoms with E-state index in [1.54, 1.807) is 24.3 Å². The molecule has 0 spiro atoms. The van der Waals surface area contributed by atoms with E-state index in [9.17, 15) is 9.59 Å². The molecule has 4 nitrogen and oxygen atoms in total. The smallest absolute Gasteiger partial charge is 0.338 e. The van der Waals surface area contributed by atoms with Crippen LogP contribution in [0.4, 0.5) is 0 Å². The Morgan fingerprint density at radius 2 is 1.62 bits per heavy atom. The Labute approximate surface area is 123 Å². The Hall–Kier alpha value is -2.62. The molecule has 0 radical (unpaired) electrons. The maximum atomic E-state index is 11.9. The number of esters is 1. The number of hydrogen-bond donors (Lipinski definition) is 1. The molecular formula is C17H17NO3. The van der Waals surface area contributed by atoms with E-state index in [-0.39, 0.29) is 18.5 Å². The molecule has 0 saturated heterocycles. The highest BCUT2D eigenvalue weighted by atomic mass is 16.5. The van der Waals surface area contributed by atoms with Gasteiger partial charge >= 0.3 is 5.97 Å². The van der Waals surface area contributed by atoms with Crippen molar-refractivity contribution in [3.63, 3.8) is 0 Å². The summed E-state index contributed by atoms with van der Waals surface area (Å²) in [7, 11) is 0. The van der Waals surface area contributed by atoms with Crippen LogP contribution in [0, 0.1) is 0 Å². The van der Waals surface area contributed by atoms with Crippen molar-refractivity contribution in [3.8, 4) is 0 Å². The van der Waals surface area contributed by atoms with Gasteiger partial charge in [-0.2, -0.15) is 0 Å². The molecule has 4 heteroatoms. The minimum atomic E-state index is -0.357. The van der Waals surface area contributed by atoms with Gasteiger partial charge in [0, 0.05) is 13.5 Å². The van der Waals surface area contributed by atoms with E-state index in [1.165, 1.54) is 6.92 Å². The van der Waals surface area contributed by atoms with Crippen molar-refractivity contribution in [2.24, 2.45) is 0 Å². The van der Waals surface area contributed by atoms with Crippen molar-refractivity contribution >= 4 is 11.9 Å². The van der Waals surface area contributed by atoms with Crippen LogP contribution in [0.5, 0.6) is 0 Å². The number of hydrogen-bond acceptors (Lipinski definition) is 3. The largest absolute Gasteiger partial charge is 0.457 e. The third-order valence-corrected chi connectivity index (χ3v) is 2.94. The van der Waals surface area contributed by atoms with Gasteiger partial charge in [0.1, 0.15) is 6.61 Å². The molecule has 0 bridgehead atoms. The molecule has 0 aliphatic carbocycles. The molecular weight excluding hydrogens is 266 g/mol. The van der Waals surface area contributed by atoms with Crippen LogP contribution in [-0.4, -0.2) is 11.9 Å². The highest BCUT2D eigenvalue weighted by molar-refractivity contribution is 5.89. The normalized spacial score (nSPS) is 9.95. The lowest BCUT2D eigenvalue weighted by Gasteiger charge is -2.06. The Morgan fingerprint density at radius 1 is 0.952 bits per heavy atom. The Bertz CT molecular complexity index is 606. The minimum Gasteiger partial charge on any atom is -0.457 e. The number of amides is 1. The van der Waals surface area contributed by atoms with Crippen LogP contribution in [0.25, 0.3) is 0 Å². The third-order valence-electron chi connectivity index (χ3n) is 2.94. The summed E-state index contributed by atoms with van der Waals surface area (Å²) in [5, 5.41) is 2.70. The standard InChI is InChI=1S/C17H17NO3/c1-13(19)18-11-14-7-9-16(10-8-14)17(20)21-12-15-5-3-2-4-6-15/h2-10H,11-12H2,1H3,(H,18,19). The van der Waals surface area contributed by atoms with Crippen LogP contribution in [0.15, 0.2) is 54.6 Å². The van der Waals surface area contributed by atoms with Crippen molar-refractivity contribution in [1.82, 2.24) is 5.32 Å². The summed E-state index contributed by atoms with van der Waals surface area (Å²) < 4.78 is 5.24. The highest BCUT2D eigenvalue weighted by Crippen LogP contribution is 2.08. The molecule has 2 aromatic carbocycles. The molecule has 0 unspecified atom stereocenters. The molecule has 0 aliphatic rings. The molecule has 0 aromatic heterocycles. The second kappa shape index (κ2) is 7.24. The number of carbonyl (C=O) groups excluding carboxylic acids is 2. The molecule has 0 heterocycles. The first-order valence-electron chi connectivity index (χ1n) is 6.69. The second-order valence-electron chi connectivity index (χ2n) is 4.67. The van der Waals surface area contributed by atoms with E-state index in [1.807, 2.05) is 30.3 Å². The molecule has 0 saturated carbocycles. The molecule has 0 atom stereocenters. The number of benzene rings is 2. The molecule has 0 fully saturated rings. The summed E-state index contributed by atoms with van der Waals surface area (Å²) in [6.45, 7) is 2.18. The number of carbonyl (C=O) groups is 2. The third kappa shape index (κ3) is 4.76. The molecule has 2 aromatic rings. The number of ether oxygens (including phenoxy) is 1. The van der Waals surface area contributed by atoms with Gasteiger partial charge in [-0.1, -0.05) is 42.5 Å². The first-order valence-corrected chi connectivity index (χ1v) is 6.69. The lowest BCUT2D eigenvalue weighted by molar-refractivity contribution is -0.119. The lowest BCUT2D eigenvalue weighted by atomic mass is 10.1. The second-order valence-corrected chi connectivity index (χ2v) is 4.67. The SMILES string of the molecule is CC(=O)NCc1ccc(C(=O)OCc2ccccc2)cc1. The van der Waals surface area contributed by atoms with E-state index in [0.717, 1.165) is 11.1 Å². The zero-order valence-electron chi connectivity index (χ0n) is 11.8. The topological polar surface area (TPSA) is 55.4 Å². The van der Waals surface area contributed by atoms with Crippen molar-refractivity contribution < 1.29 is 14.3 Å². The number of nitrogens with one attached hydrogen (secondary N) is 1. The lowest BCUT2D eigenvalue weighted by Crippen LogP contribution is -2.18.